The molecule has 2 aromatic carbocycles. The third kappa shape index (κ3) is 5.69. The number of ether oxygens (including phenoxy) is 2. The number of rotatable bonds is 6. The van der Waals surface area contributed by atoms with E-state index in [4.69, 9.17) is 9.47 Å². The molecule has 0 aliphatic carbocycles. The van der Waals surface area contributed by atoms with Crippen LogP contribution in [-0.4, -0.2) is 26.0 Å². The monoisotopic (exact) mass is 340 g/mol. The lowest BCUT2D eigenvalue weighted by molar-refractivity contribution is -0.126. The summed E-state index contributed by atoms with van der Waals surface area (Å²) in [5.41, 5.74) is 6.35. The Morgan fingerprint density at radius 2 is 1.68 bits per heavy atom. The van der Waals surface area contributed by atoms with E-state index in [1.54, 1.807) is 38.5 Å². The summed E-state index contributed by atoms with van der Waals surface area (Å²) in [6.45, 7) is 0. The van der Waals surface area contributed by atoms with Gasteiger partial charge in [-0.25, -0.2) is 0 Å². The molecule has 0 unspecified atom stereocenters. The number of carbonyl (C=O) groups excluding carboxylic acids is 2. The Labute approximate surface area is 146 Å². The Balaban J connectivity index is 1.85. The van der Waals surface area contributed by atoms with E-state index >= 15 is 0 Å². The smallest absolute Gasteiger partial charge is 0.262 e. The minimum Gasteiger partial charge on any atom is -0.493 e. The molecule has 2 aromatic rings. The van der Waals surface area contributed by atoms with Crippen molar-refractivity contribution in [3.05, 3.63) is 65.7 Å². The van der Waals surface area contributed by atoms with Crippen LogP contribution in [-0.2, 0) is 16.0 Å². The molecule has 25 heavy (non-hydrogen) atoms. The molecule has 0 aliphatic rings. The highest BCUT2D eigenvalue weighted by atomic mass is 16.5. The van der Waals surface area contributed by atoms with Crippen molar-refractivity contribution >= 4 is 17.9 Å². The maximum Gasteiger partial charge on any atom is 0.262 e. The van der Waals surface area contributed by atoms with Crippen LogP contribution in [0.1, 0.15) is 11.1 Å². The summed E-state index contributed by atoms with van der Waals surface area (Å²) in [5, 5.41) is 0. The van der Waals surface area contributed by atoms with Gasteiger partial charge in [0.1, 0.15) is 0 Å². The number of methoxy groups -OCH3 is 2. The van der Waals surface area contributed by atoms with Crippen molar-refractivity contribution in [3.8, 4) is 11.5 Å². The molecule has 0 spiro atoms. The normalized spacial score (nSPS) is 10.3. The minimum absolute atomic E-state index is 0.195. The molecule has 0 saturated heterocycles. The summed E-state index contributed by atoms with van der Waals surface area (Å²) < 4.78 is 10.4. The third-order valence-electron chi connectivity index (χ3n) is 3.37. The van der Waals surface area contributed by atoms with E-state index < -0.39 is 5.91 Å². The van der Waals surface area contributed by atoms with Gasteiger partial charge in [-0.15, -0.1) is 0 Å². The molecule has 0 bridgehead atoms. The van der Waals surface area contributed by atoms with E-state index in [1.807, 2.05) is 30.3 Å². The van der Waals surface area contributed by atoms with E-state index in [9.17, 15) is 9.59 Å². The van der Waals surface area contributed by atoms with Gasteiger partial charge in [-0.3, -0.25) is 20.4 Å². The van der Waals surface area contributed by atoms with E-state index in [1.165, 1.54) is 6.08 Å². The van der Waals surface area contributed by atoms with Crippen LogP contribution in [0.5, 0.6) is 11.5 Å². The van der Waals surface area contributed by atoms with Gasteiger partial charge < -0.3 is 9.47 Å². The molecular weight excluding hydrogens is 320 g/mol. The van der Waals surface area contributed by atoms with Crippen LogP contribution < -0.4 is 20.3 Å². The van der Waals surface area contributed by atoms with Crippen molar-refractivity contribution in [2.45, 2.75) is 6.42 Å². The summed E-state index contributed by atoms with van der Waals surface area (Å²) in [6, 6.07) is 14.6. The van der Waals surface area contributed by atoms with Crippen LogP contribution in [0.15, 0.2) is 54.6 Å². The van der Waals surface area contributed by atoms with Crippen molar-refractivity contribution in [3.63, 3.8) is 0 Å². The first-order valence-corrected chi connectivity index (χ1v) is 7.65. The number of amides is 2. The van der Waals surface area contributed by atoms with Gasteiger partial charge in [0.25, 0.3) is 5.91 Å². The second kappa shape index (κ2) is 9.12. The van der Waals surface area contributed by atoms with Gasteiger partial charge in [-0.05, 0) is 29.3 Å². The van der Waals surface area contributed by atoms with Gasteiger partial charge in [0.05, 0.1) is 20.6 Å². The molecule has 6 nitrogen and oxygen atoms in total. The number of hydrazine groups is 1. The molecule has 0 atom stereocenters. The first kappa shape index (κ1) is 18.1. The van der Waals surface area contributed by atoms with E-state index in [-0.39, 0.29) is 12.3 Å². The molecule has 130 valence electrons. The summed E-state index contributed by atoms with van der Waals surface area (Å²) in [6.07, 6.45) is 3.13. The van der Waals surface area contributed by atoms with Crippen LogP contribution in [0.2, 0.25) is 0 Å². The number of hydrogen-bond acceptors (Lipinski definition) is 4. The van der Waals surface area contributed by atoms with Gasteiger partial charge in [-0.2, -0.15) is 0 Å². The highest BCUT2D eigenvalue weighted by molar-refractivity contribution is 5.93. The number of carbonyl (C=O) groups is 2. The molecule has 0 heterocycles. The van der Waals surface area contributed by atoms with Crippen molar-refractivity contribution in [1.82, 2.24) is 10.9 Å². The molecule has 0 aliphatic heterocycles. The van der Waals surface area contributed by atoms with Gasteiger partial charge in [0.15, 0.2) is 11.5 Å². The fraction of sp³-hybridized carbons (Fsp3) is 0.158. The summed E-state index contributed by atoms with van der Waals surface area (Å²) in [4.78, 5) is 23.5. The topological polar surface area (TPSA) is 76.7 Å². The minimum atomic E-state index is -0.434. The van der Waals surface area contributed by atoms with Crippen molar-refractivity contribution in [1.29, 1.82) is 0 Å². The Morgan fingerprint density at radius 3 is 2.36 bits per heavy atom. The predicted octanol–water partition coefficient (Wildman–Crippen LogP) is 2.11. The Kier molecular flexibility index (Phi) is 6.59. The zero-order chi connectivity index (χ0) is 18.1. The van der Waals surface area contributed by atoms with Crippen molar-refractivity contribution in [2.24, 2.45) is 0 Å². The molecule has 0 aromatic heterocycles. The fourth-order valence-electron chi connectivity index (χ4n) is 2.13. The van der Waals surface area contributed by atoms with Gasteiger partial charge in [0, 0.05) is 6.08 Å². The maximum absolute atomic E-state index is 11.8. The average Bonchev–Trinajstić information content (AvgIpc) is 2.65. The molecule has 2 amide bonds. The van der Waals surface area contributed by atoms with E-state index in [2.05, 4.69) is 10.9 Å². The number of hydrogen-bond donors (Lipinski definition) is 2. The second-order valence-electron chi connectivity index (χ2n) is 5.15. The van der Waals surface area contributed by atoms with Crippen molar-refractivity contribution in [2.75, 3.05) is 14.2 Å². The van der Waals surface area contributed by atoms with Crippen LogP contribution in [0.3, 0.4) is 0 Å². The lowest BCUT2D eigenvalue weighted by atomic mass is 10.1. The third-order valence-corrected chi connectivity index (χ3v) is 3.37. The second-order valence-corrected chi connectivity index (χ2v) is 5.15. The Morgan fingerprint density at radius 1 is 0.960 bits per heavy atom. The summed E-state index contributed by atoms with van der Waals surface area (Å²) >= 11 is 0. The number of nitrogens with one attached hydrogen (secondary N) is 2. The van der Waals surface area contributed by atoms with Gasteiger partial charge >= 0.3 is 0 Å². The standard InChI is InChI=1S/C19H20N2O4/c1-24-16-10-8-15(12-17(16)25-2)9-11-18(22)20-21-19(23)13-14-6-4-3-5-7-14/h3-12H,13H2,1-2H3,(H,20,22)(H,21,23). The summed E-state index contributed by atoms with van der Waals surface area (Å²) in [7, 11) is 3.10. The molecule has 2 N–H and O–H groups in total. The molecule has 0 fully saturated rings. The average molecular weight is 340 g/mol. The lowest BCUT2D eigenvalue weighted by Gasteiger charge is -2.08. The molecule has 0 radical (unpaired) electrons. The molecule has 2 rings (SSSR count). The fourth-order valence-corrected chi connectivity index (χ4v) is 2.13. The highest BCUT2D eigenvalue weighted by Crippen LogP contribution is 2.27. The SMILES string of the molecule is COc1ccc(C=CC(=O)NNC(=O)Cc2ccccc2)cc1OC. The lowest BCUT2D eigenvalue weighted by Crippen LogP contribution is -2.41. The first-order valence-electron chi connectivity index (χ1n) is 7.65. The zero-order valence-corrected chi connectivity index (χ0v) is 14.1. The molecular formula is C19H20N2O4. The van der Waals surface area contributed by atoms with Gasteiger partial charge in [0.2, 0.25) is 5.91 Å². The first-order chi connectivity index (χ1) is 12.1. The van der Waals surface area contributed by atoms with E-state index in [0.29, 0.717) is 11.5 Å². The molecule has 0 saturated carbocycles. The van der Waals surface area contributed by atoms with Crippen LogP contribution in [0.25, 0.3) is 6.08 Å². The predicted molar refractivity (Wildman–Crippen MR) is 95.0 cm³/mol. The Hall–Kier alpha value is -3.28. The molecule has 6 heteroatoms. The zero-order valence-electron chi connectivity index (χ0n) is 14.1. The largest absolute Gasteiger partial charge is 0.493 e. The van der Waals surface area contributed by atoms with Crippen molar-refractivity contribution < 1.29 is 19.1 Å². The Bertz CT molecular complexity index is 757. The van der Waals surface area contributed by atoms with E-state index in [0.717, 1.165) is 11.1 Å². The maximum atomic E-state index is 11.8. The summed E-state index contributed by atoms with van der Waals surface area (Å²) in [5.74, 6) is 0.453. The van der Waals surface area contributed by atoms with Gasteiger partial charge in [-0.1, -0.05) is 36.4 Å². The number of benzene rings is 2. The quantitative estimate of drug-likeness (QED) is 0.624. The van der Waals surface area contributed by atoms with Crippen LogP contribution >= 0.6 is 0 Å². The van der Waals surface area contributed by atoms with Crippen LogP contribution in [0, 0.1) is 0 Å². The highest BCUT2D eigenvalue weighted by Gasteiger charge is 2.05. The van der Waals surface area contributed by atoms with Crippen LogP contribution in [0.4, 0.5) is 0 Å².